The van der Waals surface area contributed by atoms with Crippen LogP contribution < -0.4 is 5.32 Å². The van der Waals surface area contributed by atoms with Crippen molar-refractivity contribution in [1.29, 1.82) is 0 Å². The summed E-state index contributed by atoms with van der Waals surface area (Å²) in [6.45, 7) is 10.8. The van der Waals surface area contributed by atoms with Gasteiger partial charge in [-0.25, -0.2) is 0 Å². The Hall–Kier alpha value is -0.650. The standard InChI is InChI=1S/C30H59NO4/c1-5-7-9-11-15-19-28(20-16-12-10-8-6-2)35-29(33)30(3,4)21-17-13-14-18-22-34-25-26-23-27(32)24-31-26/h26-28,31-32H,5-25H2,1-4H3/t26-,27-/m0/s1. The van der Waals surface area contributed by atoms with Crippen molar-refractivity contribution in [3.05, 3.63) is 0 Å². The van der Waals surface area contributed by atoms with Crippen molar-refractivity contribution in [2.24, 2.45) is 5.41 Å². The minimum atomic E-state index is -0.409. The van der Waals surface area contributed by atoms with Gasteiger partial charge in [-0.3, -0.25) is 4.79 Å². The molecule has 2 N–H and O–H groups in total. The summed E-state index contributed by atoms with van der Waals surface area (Å²) in [7, 11) is 0. The van der Waals surface area contributed by atoms with E-state index in [2.05, 4.69) is 33.0 Å². The summed E-state index contributed by atoms with van der Waals surface area (Å²) < 4.78 is 11.9. The number of esters is 1. The van der Waals surface area contributed by atoms with Crippen LogP contribution in [0.3, 0.4) is 0 Å². The van der Waals surface area contributed by atoms with Gasteiger partial charge in [0.1, 0.15) is 6.10 Å². The molecule has 0 aromatic rings. The van der Waals surface area contributed by atoms with Crippen LogP contribution in [0.15, 0.2) is 0 Å². The second kappa shape index (κ2) is 20.4. The molecule has 0 radical (unpaired) electrons. The number of aliphatic hydroxyl groups is 1. The number of nitrogens with one attached hydrogen (secondary N) is 1. The van der Waals surface area contributed by atoms with Crippen LogP contribution in [0.4, 0.5) is 0 Å². The molecule has 0 aromatic heterocycles. The third-order valence-electron chi connectivity index (χ3n) is 7.44. The molecule has 5 heteroatoms. The summed E-state index contributed by atoms with van der Waals surface area (Å²) in [6, 6.07) is 0.299. The molecule has 0 spiro atoms. The first-order chi connectivity index (χ1) is 16.9. The van der Waals surface area contributed by atoms with Crippen molar-refractivity contribution in [2.75, 3.05) is 19.8 Å². The number of aliphatic hydroxyl groups excluding tert-OH is 1. The van der Waals surface area contributed by atoms with Crippen molar-refractivity contribution >= 4 is 5.97 Å². The van der Waals surface area contributed by atoms with Crippen LogP contribution in [-0.2, 0) is 14.3 Å². The fourth-order valence-corrected chi connectivity index (χ4v) is 4.90. The van der Waals surface area contributed by atoms with Gasteiger partial charge in [-0.1, -0.05) is 84.5 Å². The van der Waals surface area contributed by atoms with Gasteiger partial charge in [-0.2, -0.15) is 0 Å². The van der Waals surface area contributed by atoms with Gasteiger partial charge in [0.2, 0.25) is 0 Å². The Bertz CT molecular complexity index is 497. The first kappa shape index (κ1) is 32.4. The van der Waals surface area contributed by atoms with Crippen LogP contribution in [0.1, 0.15) is 143 Å². The Morgan fingerprint density at radius 2 is 1.46 bits per heavy atom. The van der Waals surface area contributed by atoms with E-state index < -0.39 is 5.41 Å². The fourth-order valence-electron chi connectivity index (χ4n) is 4.90. The van der Waals surface area contributed by atoms with E-state index in [4.69, 9.17) is 9.47 Å². The zero-order chi connectivity index (χ0) is 25.8. The van der Waals surface area contributed by atoms with E-state index in [9.17, 15) is 9.90 Å². The molecule has 1 saturated heterocycles. The molecule has 208 valence electrons. The molecule has 1 heterocycles. The number of ether oxygens (including phenoxy) is 2. The Kier molecular flexibility index (Phi) is 18.9. The predicted octanol–water partition coefficient (Wildman–Crippen LogP) is 7.34. The third-order valence-corrected chi connectivity index (χ3v) is 7.44. The zero-order valence-electron chi connectivity index (χ0n) is 23.8. The van der Waals surface area contributed by atoms with Crippen LogP contribution in [0, 0.1) is 5.41 Å². The highest BCUT2D eigenvalue weighted by Crippen LogP contribution is 2.28. The first-order valence-corrected chi connectivity index (χ1v) is 15.1. The van der Waals surface area contributed by atoms with Crippen LogP contribution in [0.25, 0.3) is 0 Å². The Balaban J connectivity index is 2.23. The maximum absolute atomic E-state index is 13.0. The summed E-state index contributed by atoms with van der Waals surface area (Å²) in [5, 5.41) is 12.8. The van der Waals surface area contributed by atoms with Crippen molar-refractivity contribution < 1.29 is 19.4 Å². The summed E-state index contributed by atoms with van der Waals surface area (Å²) in [5.74, 6) is -0.000740. The largest absolute Gasteiger partial charge is 0.462 e. The number of carbonyl (C=O) groups is 1. The van der Waals surface area contributed by atoms with E-state index in [1.807, 2.05) is 0 Å². The van der Waals surface area contributed by atoms with E-state index in [1.54, 1.807) is 0 Å². The fraction of sp³-hybridized carbons (Fsp3) is 0.967. The van der Waals surface area contributed by atoms with Gasteiger partial charge in [-0.15, -0.1) is 0 Å². The number of hydrogen-bond acceptors (Lipinski definition) is 5. The average molecular weight is 498 g/mol. The highest BCUT2D eigenvalue weighted by Gasteiger charge is 2.30. The molecular formula is C30H59NO4. The molecule has 1 aliphatic rings. The number of unbranched alkanes of at least 4 members (excludes halogenated alkanes) is 11. The predicted molar refractivity (Wildman–Crippen MR) is 147 cm³/mol. The lowest BCUT2D eigenvalue weighted by Crippen LogP contribution is -2.31. The molecule has 0 bridgehead atoms. The minimum absolute atomic E-state index is 0.000740. The lowest BCUT2D eigenvalue weighted by Gasteiger charge is -2.27. The average Bonchev–Trinajstić information content (AvgIpc) is 3.25. The van der Waals surface area contributed by atoms with E-state index in [0.717, 1.165) is 58.0 Å². The first-order valence-electron chi connectivity index (χ1n) is 15.1. The molecule has 1 aliphatic heterocycles. The van der Waals surface area contributed by atoms with Crippen LogP contribution in [0.2, 0.25) is 0 Å². The number of β-amino-alcohol motifs (C(OH)–C–C–N with tert-alkyl or cyclic N) is 1. The Labute approximate surface area is 217 Å². The molecule has 0 aromatic carbocycles. The van der Waals surface area contributed by atoms with E-state index in [0.29, 0.717) is 19.2 Å². The van der Waals surface area contributed by atoms with Crippen LogP contribution in [0.5, 0.6) is 0 Å². The summed E-state index contributed by atoms with van der Waals surface area (Å²) in [5.41, 5.74) is -0.409. The summed E-state index contributed by atoms with van der Waals surface area (Å²) >= 11 is 0. The lowest BCUT2D eigenvalue weighted by molar-refractivity contribution is -0.161. The highest BCUT2D eigenvalue weighted by molar-refractivity contribution is 5.76. The van der Waals surface area contributed by atoms with Crippen molar-refractivity contribution in [3.8, 4) is 0 Å². The molecule has 5 nitrogen and oxygen atoms in total. The third kappa shape index (κ3) is 16.7. The SMILES string of the molecule is CCCCCCCC(CCCCCCC)OC(=O)C(C)(C)CCCCCCOC[C@@H]1C[C@H](O)CN1. The quantitative estimate of drug-likeness (QED) is 0.114. The van der Waals surface area contributed by atoms with Gasteiger partial charge in [0.15, 0.2) is 0 Å². The molecule has 0 amide bonds. The molecule has 1 fully saturated rings. The topological polar surface area (TPSA) is 67.8 Å². The van der Waals surface area contributed by atoms with Crippen LogP contribution in [-0.4, -0.2) is 49.1 Å². The summed E-state index contributed by atoms with van der Waals surface area (Å²) in [4.78, 5) is 13.0. The molecule has 0 aliphatic carbocycles. The van der Waals surface area contributed by atoms with Crippen molar-refractivity contribution in [3.63, 3.8) is 0 Å². The smallest absolute Gasteiger partial charge is 0.311 e. The zero-order valence-corrected chi connectivity index (χ0v) is 23.8. The molecular weight excluding hydrogens is 438 g/mol. The molecule has 0 unspecified atom stereocenters. The molecule has 0 saturated carbocycles. The van der Waals surface area contributed by atoms with Crippen molar-refractivity contribution in [1.82, 2.24) is 5.32 Å². The van der Waals surface area contributed by atoms with Gasteiger partial charge < -0.3 is 19.9 Å². The van der Waals surface area contributed by atoms with Gasteiger partial charge in [0.25, 0.3) is 0 Å². The maximum Gasteiger partial charge on any atom is 0.311 e. The maximum atomic E-state index is 13.0. The second-order valence-electron chi connectivity index (χ2n) is 11.6. The second-order valence-corrected chi connectivity index (χ2v) is 11.6. The lowest BCUT2D eigenvalue weighted by atomic mass is 9.86. The molecule has 2 atom stereocenters. The van der Waals surface area contributed by atoms with Gasteiger partial charge in [0.05, 0.1) is 18.1 Å². The van der Waals surface area contributed by atoms with Gasteiger partial charge >= 0.3 is 5.97 Å². The highest BCUT2D eigenvalue weighted by atomic mass is 16.5. The van der Waals surface area contributed by atoms with Gasteiger partial charge in [0, 0.05) is 19.2 Å². The molecule has 1 rings (SSSR count). The normalized spacial score (nSPS) is 18.5. The Morgan fingerprint density at radius 3 is 2.03 bits per heavy atom. The van der Waals surface area contributed by atoms with Crippen molar-refractivity contribution in [2.45, 2.75) is 162 Å². The van der Waals surface area contributed by atoms with E-state index in [-0.39, 0.29) is 18.2 Å². The Morgan fingerprint density at radius 1 is 0.886 bits per heavy atom. The number of rotatable bonds is 23. The van der Waals surface area contributed by atoms with Crippen LogP contribution >= 0.6 is 0 Å². The minimum Gasteiger partial charge on any atom is -0.462 e. The van der Waals surface area contributed by atoms with E-state index >= 15 is 0 Å². The van der Waals surface area contributed by atoms with E-state index in [1.165, 1.54) is 64.2 Å². The number of carbonyl (C=O) groups excluding carboxylic acids is 1. The summed E-state index contributed by atoms with van der Waals surface area (Å²) in [6.07, 6.45) is 20.6. The van der Waals surface area contributed by atoms with Gasteiger partial charge in [-0.05, 0) is 58.8 Å². The molecule has 35 heavy (non-hydrogen) atoms. The number of hydrogen-bond donors (Lipinski definition) is 2. The monoisotopic (exact) mass is 497 g/mol.